The number of ketones is 1. The number of nitrogens with zero attached hydrogens (tertiary/aromatic N) is 2. The Balaban J connectivity index is 1.43. The third kappa shape index (κ3) is 2.72. The summed E-state index contributed by atoms with van der Waals surface area (Å²) in [6.45, 7) is 2.64. The second kappa shape index (κ2) is 5.80. The number of halogens is 1. The maximum Gasteiger partial charge on any atom is 0.240 e. The third-order valence-corrected chi connectivity index (χ3v) is 5.39. The molecular formula is C17H20ClN3O2. The van der Waals surface area contributed by atoms with E-state index in [4.69, 9.17) is 11.6 Å². The summed E-state index contributed by atoms with van der Waals surface area (Å²) in [6, 6.07) is 6.21. The SMILES string of the molecule is O=C1CCN(C(=O)[C@@H]2C[C@H](N3CCc4cc(Cl)ccc43)CN2)C1. The van der Waals surface area contributed by atoms with Crippen molar-refractivity contribution < 1.29 is 9.59 Å². The number of anilines is 1. The van der Waals surface area contributed by atoms with Crippen molar-refractivity contribution in [2.75, 3.05) is 31.1 Å². The Labute approximate surface area is 140 Å². The monoisotopic (exact) mass is 333 g/mol. The Bertz CT molecular complexity index is 663. The summed E-state index contributed by atoms with van der Waals surface area (Å²) in [5.74, 6) is 0.243. The number of hydrogen-bond donors (Lipinski definition) is 1. The van der Waals surface area contributed by atoms with Crippen LogP contribution in [-0.4, -0.2) is 54.9 Å². The molecule has 1 N–H and O–H groups in total. The molecule has 122 valence electrons. The zero-order chi connectivity index (χ0) is 16.0. The first kappa shape index (κ1) is 15.0. The van der Waals surface area contributed by atoms with Gasteiger partial charge >= 0.3 is 0 Å². The normalized spacial score (nSPS) is 26.9. The van der Waals surface area contributed by atoms with Crippen molar-refractivity contribution in [1.82, 2.24) is 10.2 Å². The zero-order valence-electron chi connectivity index (χ0n) is 12.9. The molecule has 2 saturated heterocycles. The van der Waals surface area contributed by atoms with E-state index in [9.17, 15) is 9.59 Å². The summed E-state index contributed by atoms with van der Waals surface area (Å²) in [4.78, 5) is 28.0. The predicted octanol–water partition coefficient (Wildman–Crippen LogP) is 1.23. The van der Waals surface area contributed by atoms with E-state index in [1.807, 2.05) is 12.1 Å². The molecule has 2 fully saturated rings. The summed E-state index contributed by atoms with van der Waals surface area (Å²) in [6.07, 6.45) is 2.30. The Morgan fingerprint density at radius 1 is 1.26 bits per heavy atom. The maximum atomic E-state index is 12.5. The predicted molar refractivity (Wildman–Crippen MR) is 88.9 cm³/mol. The van der Waals surface area contributed by atoms with Gasteiger partial charge in [-0.2, -0.15) is 0 Å². The highest BCUT2D eigenvalue weighted by Gasteiger charge is 2.38. The molecule has 0 radical (unpaired) electrons. The number of amides is 1. The fraction of sp³-hybridized carbons (Fsp3) is 0.529. The van der Waals surface area contributed by atoms with Crippen LogP contribution in [0.15, 0.2) is 18.2 Å². The van der Waals surface area contributed by atoms with E-state index in [1.165, 1.54) is 11.3 Å². The van der Waals surface area contributed by atoms with Crippen molar-refractivity contribution in [2.45, 2.75) is 31.3 Å². The second-order valence-electron chi connectivity index (χ2n) is 6.62. The Hall–Kier alpha value is -1.59. The molecule has 0 bridgehead atoms. The minimum absolute atomic E-state index is 0.0777. The van der Waals surface area contributed by atoms with Gasteiger partial charge in [-0.15, -0.1) is 0 Å². The van der Waals surface area contributed by atoms with Crippen LogP contribution in [0.25, 0.3) is 0 Å². The van der Waals surface area contributed by atoms with Crippen LogP contribution in [0.2, 0.25) is 5.02 Å². The molecule has 1 aromatic carbocycles. The molecule has 3 aliphatic rings. The molecule has 3 heterocycles. The number of nitrogens with one attached hydrogen (secondary N) is 1. The largest absolute Gasteiger partial charge is 0.367 e. The molecule has 4 rings (SSSR count). The highest BCUT2D eigenvalue weighted by molar-refractivity contribution is 6.30. The van der Waals surface area contributed by atoms with E-state index >= 15 is 0 Å². The molecular weight excluding hydrogens is 314 g/mol. The molecule has 5 nitrogen and oxygen atoms in total. The highest BCUT2D eigenvalue weighted by Crippen LogP contribution is 2.33. The van der Waals surface area contributed by atoms with Gasteiger partial charge in [-0.05, 0) is 36.6 Å². The smallest absolute Gasteiger partial charge is 0.240 e. The summed E-state index contributed by atoms with van der Waals surface area (Å²) >= 11 is 6.07. The lowest BCUT2D eigenvalue weighted by molar-refractivity contribution is -0.133. The van der Waals surface area contributed by atoms with Crippen molar-refractivity contribution in [3.63, 3.8) is 0 Å². The Kier molecular flexibility index (Phi) is 3.77. The fourth-order valence-electron chi connectivity index (χ4n) is 3.96. The van der Waals surface area contributed by atoms with E-state index < -0.39 is 0 Å². The van der Waals surface area contributed by atoms with Crippen LogP contribution in [0.5, 0.6) is 0 Å². The number of carbonyl (C=O) groups is 2. The van der Waals surface area contributed by atoms with Crippen molar-refractivity contribution in [1.29, 1.82) is 0 Å². The van der Waals surface area contributed by atoms with Crippen molar-refractivity contribution in [2.24, 2.45) is 0 Å². The molecule has 1 amide bonds. The lowest BCUT2D eigenvalue weighted by Crippen LogP contribution is -2.42. The topological polar surface area (TPSA) is 52.7 Å². The number of hydrogen-bond acceptors (Lipinski definition) is 4. The first-order valence-corrected chi connectivity index (χ1v) is 8.58. The third-order valence-electron chi connectivity index (χ3n) is 5.16. The molecule has 0 saturated carbocycles. The van der Waals surface area contributed by atoms with Crippen molar-refractivity contribution >= 4 is 29.0 Å². The highest BCUT2D eigenvalue weighted by atomic mass is 35.5. The van der Waals surface area contributed by atoms with Crippen molar-refractivity contribution in [3.8, 4) is 0 Å². The van der Waals surface area contributed by atoms with Crippen LogP contribution in [0, 0.1) is 0 Å². The number of fused-ring (bicyclic) bond motifs is 1. The fourth-order valence-corrected chi connectivity index (χ4v) is 4.15. The lowest BCUT2D eigenvalue weighted by atomic mass is 10.1. The summed E-state index contributed by atoms with van der Waals surface area (Å²) in [7, 11) is 0. The molecule has 3 aliphatic heterocycles. The number of rotatable bonds is 2. The van der Waals surface area contributed by atoms with E-state index in [0.29, 0.717) is 19.0 Å². The number of Topliss-reactive ketones (excluding diaryl/α,β-unsaturated/α-hetero) is 1. The standard InChI is InChI=1S/C17H20ClN3O2/c18-12-1-2-16-11(7-12)3-6-21(16)13-8-15(19-9-13)17(23)20-5-4-14(22)10-20/h1-2,7,13,15,19H,3-6,8-10H2/t13-,15-/m0/s1. The summed E-state index contributed by atoms with van der Waals surface area (Å²) < 4.78 is 0. The van der Waals surface area contributed by atoms with E-state index in [2.05, 4.69) is 16.3 Å². The van der Waals surface area contributed by atoms with Crippen LogP contribution in [0.3, 0.4) is 0 Å². The van der Waals surface area contributed by atoms with Gasteiger partial charge in [-0.3, -0.25) is 9.59 Å². The van der Waals surface area contributed by atoms with Gasteiger partial charge in [0.1, 0.15) is 0 Å². The molecule has 0 aromatic heterocycles. The minimum atomic E-state index is -0.165. The molecule has 23 heavy (non-hydrogen) atoms. The quantitative estimate of drug-likeness (QED) is 0.884. The average molecular weight is 334 g/mol. The first-order chi connectivity index (χ1) is 11.1. The first-order valence-electron chi connectivity index (χ1n) is 8.21. The Morgan fingerprint density at radius 3 is 2.91 bits per heavy atom. The average Bonchev–Trinajstić information content (AvgIpc) is 3.24. The van der Waals surface area contributed by atoms with Crippen molar-refractivity contribution in [3.05, 3.63) is 28.8 Å². The molecule has 0 spiro atoms. The van der Waals surface area contributed by atoms with E-state index in [-0.39, 0.29) is 24.3 Å². The van der Waals surface area contributed by atoms with Crippen LogP contribution in [-0.2, 0) is 16.0 Å². The second-order valence-corrected chi connectivity index (χ2v) is 7.05. The van der Waals surface area contributed by atoms with Crippen LogP contribution < -0.4 is 10.2 Å². The minimum Gasteiger partial charge on any atom is -0.367 e. The van der Waals surface area contributed by atoms with Crippen LogP contribution in [0.4, 0.5) is 5.69 Å². The maximum absolute atomic E-state index is 12.5. The molecule has 0 unspecified atom stereocenters. The number of likely N-dealkylation sites (tertiary alicyclic amines) is 1. The van der Waals surface area contributed by atoms with Gasteiger partial charge in [0.2, 0.25) is 5.91 Å². The van der Waals surface area contributed by atoms with Gasteiger partial charge < -0.3 is 15.1 Å². The van der Waals surface area contributed by atoms with Gasteiger partial charge in [-0.1, -0.05) is 11.6 Å². The zero-order valence-corrected chi connectivity index (χ0v) is 13.7. The van der Waals surface area contributed by atoms with Gasteiger partial charge in [0.25, 0.3) is 0 Å². The molecule has 2 atom stereocenters. The van der Waals surface area contributed by atoms with Crippen LogP contribution >= 0.6 is 11.6 Å². The molecule has 1 aromatic rings. The van der Waals surface area contributed by atoms with Gasteiger partial charge in [0.05, 0.1) is 12.6 Å². The van der Waals surface area contributed by atoms with Gasteiger partial charge in [0.15, 0.2) is 5.78 Å². The van der Waals surface area contributed by atoms with Gasteiger partial charge in [0, 0.05) is 42.8 Å². The van der Waals surface area contributed by atoms with E-state index in [0.717, 1.165) is 31.0 Å². The van der Waals surface area contributed by atoms with E-state index in [1.54, 1.807) is 4.90 Å². The summed E-state index contributed by atoms with van der Waals surface area (Å²) in [5.41, 5.74) is 2.53. The number of benzene rings is 1. The summed E-state index contributed by atoms with van der Waals surface area (Å²) in [5, 5.41) is 4.13. The lowest BCUT2D eigenvalue weighted by Gasteiger charge is -2.26. The van der Waals surface area contributed by atoms with Crippen LogP contribution in [0.1, 0.15) is 18.4 Å². The van der Waals surface area contributed by atoms with Gasteiger partial charge in [-0.25, -0.2) is 0 Å². The molecule has 6 heteroatoms. The molecule has 0 aliphatic carbocycles. The number of carbonyl (C=O) groups excluding carboxylic acids is 2. The Morgan fingerprint density at radius 2 is 2.13 bits per heavy atom.